The molecule has 2 aliphatic rings. The van der Waals surface area contributed by atoms with E-state index in [2.05, 4.69) is 10.3 Å². The highest BCUT2D eigenvalue weighted by atomic mass is 32.1. The van der Waals surface area contributed by atoms with Crippen LogP contribution in [0.3, 0.4) is 0 Å². The number of benzene rings is 1. The summed E-state index contributed by atoms with van der Waals surface area (Å²) in [7, 11) is 1.40. The first-order valence-electron chi connectivity index (χ1n) is 11.7. The highest BCUT2D eigenvalue weighted by Crippen LogP contribution is 2.31. The van der Waals surface area contributed by atoms with E-state index in [-0.39, 0.29) is 55.8 Å². The zero-order valence-electron chi connectivity index (χ0n) is 20.2. The maximum Gasteiger partial charge on any atom is 0.414 e. The van der Waals surface area contributed by atoms with Crippen molar-refractivity contribution >= 4 is 34.9 Å². The van der Waals surface area contributed by atoms with E-state index >= 15 is 8.78 Å². The fraction of sp³-hybridized carbons (Fsp3) is 0.348. The van der Waals surface area contributed by atoms with Crippen molar-refractivity contribution in [3.05, 3.63) is 69.3 Å². The lowest BCUT2D eigenvalue weighted by Crippen LogP contribution is -2.34. The Morgan fingerprint density at radius 1 is 1.05 bits per heavy atom. The van der Waals surface area contributed by atoms with Crippen LogP contribution in [0.15, 0.2) is 46.2 Å². The molecule has 0 radical (unpaired) electrons. The molecule has 1 atom stereocenters. The van der Waals surface area contributed by atoms with Gasteiger partial charge in [0, 0.05) is 37.6 Å². The highest BCUT2D eigenvalue weighted by molar-refractivity contribution is 7.80. The maximum absolute atomic E-state index is 15.3. The summed E-state index contributed by atoms with van der Waals surface area (Å²) >= 11 is 4.89. The minimum Gasteiger partial charge on any atom is -0.474 e. The van der Waals surface area contributed by atoms with Crippen LogP contribution in [0.1, 0.15) is 0 Å². The van der Waals surface area contributed by atoms with Gasteiger partial charge in [0.05, 0.1) is 44.7 Å². The van der Waals surface area contributed by atoms with E-state index in [0.717, 1.165) is 21.6 Å². The van der Waals surface area contributed by atoms with E-state index < -0.39 is 35.2 Å². The molecule has 12 nitrogen and oxygen atoms in total. The van der Waals surface area contributed by atoms with Crippen LogP contribution in [0.5, 0.6) is 0 Å². The second-order valence-corrected chi connectivity index (χ2v) is 8.96. The Balaban J connectivity index is 1.34. The van der Waals surface area contributed by atoms with Crippen molar-refractivity contribution in [1.29, 1.82) is 0 Å². The van der Waals surface area contributed by atoms with Crippen molar-refractivity contribution in [2.75, 3.05) is 43.1 Å². The molecule has 1 saturated heterocycles. The van der Waals surface area contributed by atoms with Crippen LogP contribution in [0, 0.1) is 11.6 Å². The number of cyclic esters (lactones) is 1. The Labute approximate surface area is 219 Å². The zero-order valence-corrected chi connectivity index (χ0v) is 21.0. The number of thiocarbonyl (C=S) groups is 1. The lowest BCUT2D eigenvalue weighted by atomic mass is 10.2. The van der Waals surface area contributed by atoms with Crippen molar-refractivity contribution in [3.8, 4) is 5.69 Å². The SMILES string of the molecule is COC(=S)NC[C@H]1CN(c2cc(F)c(N3CCn4c(=O)n(-c5ccncc5)c(=O)n4CC3)c(F)c2)C(=O)O1. The summed E-state index contributed by atoms with van der Waals surface area (Å²) in [6.07, 6.45) is 1.60. The number of fused-ring (bicyclic) bond motifs is 1. The number of methoxy groups -OCH3 is 1. The van der Waals surface area contributed by atoms with Gasteiger partial charge in [-0.1, -0.05) is 0 Å². The molecule has 5 rings (SSSR count). The number of hydrogen-bond acceptors (Lipinski definition) is 8. The van der Waals surface area contributed by atoms with E-state index in [1.165, 1.54) is 33.8 Å². The van der Waals surface area contributed by atoms with E-state index in [0.29, 0.717) is 5.69 Å². The topological polar surface area (TPSA) is 116 Å². The van der Waals surface area contributed by atoms with Gasteiger partial charge in [0.15, 0.2) is 11.6 Å². The molecule has 3 aromatic rings. The molecule has 0 spiro atoms. The first kappa shape index (κ1) is 25.4. The number of hydrogen-bond donors (Lipinski definition) is 1. The van der Waals surface area contributed by atoms with Gasteiger partial charge in [-0.3, -0.25) is 9.88 Å². The molecule has 38 heavy (non-hydrogen) atoms. The summed E-state index contributed by atoms with van der Waals surface area (Å²) in [6.45, 7) is 0.446. The molecular formula is C23H23F2N7O5S. The number of nitrogens with one attached hydrogen (secondary N) is 1. The third-order valence-corrected chi connectivity index (χ3v) is 6.67. The quantitative estimate of drug-likeness (QED) is 0.464. The van der Waals surface area contributed by atoms with Crippen LogP contribution < -0.4 is 26.5 Å². The van der Waals surface area contributed by atoms with Crippen molar-refractivity contribution in [2.45, 2.75) is 19.2 Å². The molecule has 4 heterocycles. The fourth-order valence-corrected chi connectivity index (χ4v) is 4.63. The van der Waals surface area contributed by atoms with E-state index in [1.807, 2.05) is 0 Å². The standard InChI is InChI=1S/C23H23F2N7O5S/c1-36-20(38)27-12-16-13-29(23(35)37-16)15-10-17(24)19(18(25)11-15)28-6-8-30-21(33)32(14-2-4-26-5-3-14)22(34)31(30)9-7-28/h2-5,10-11,16H,6-9,12-13H2,1H3,(H,27,38)/t16-/m0/s1. The number of aromatic nitrogens is 4. The number of anilines is 2. The summed E-state index contributed by atoms with van der Waals surface area (Å²) in [5, 5.41) is 2.90. The minimum atomic E-state index is -0.886. The molecule has 1 fully saturated rings. The lowest BCUT2D eigenvalue weighted by molar-refractivity contribution is 0.142. The summed E-state index contributed by atoms with van der Waals surface area (Å²) in [4.78, 5) is 44.7. The van der Waals surface area contributed by atoms with Gasteiger partial charge in [-0.15, -0.1) is 0 Å². The number of carbonyl (C=O) groups is 1. The smallest absolute Gasteiger partial charge is 0.414 e. The second-order valence-electron chi connectivity index (χ2n) is 8.59. The number of nitrogens with zero attached hydrogens (tertiary/aromatic N) is 6. The summed E-state index contributed by atoms with van der Waals surface area (Å²) in [6, 6.07) is 5.21. The Hall–Kier alpha value is -4.27. The van der Waals surface area contributed by atoms with E-state index in [1.54, 1.807) is 12.1 Å². The van der Waals surface area contributed by atoms with Gasteiger partial charge < -0.3 is 19.7 Å². The van der Waals surface area contributed by atoms with Gasteiger partial charge in [-0.25, -0.2) is 37.1 Å². The normalized spacial score (nSPS) is 17.1. The largest absolute Gasteiger partial charge is 0.474 e. The first-order valence-corrected chi connectivity index (χ1v) is 12.1. The third-order valence-electron chi connectivity index (χ3n) is 6.36. The molecule has 1 amide bonds. The molecule has 0 bridgehead atoms. The summed E-state index contributed by atoms with van der Waals surface area (Å²) in [5.74, 6) is -1.77. The lowest BCUT2D eigenvalue weighted by Gasteiger charge is -2.24. The monoisotopic (exact) mass is 547 g/mol. The Kier molecular flexibility index (Phi) is 6.84. The number of pyridine rings is 1. The molecule has 2 aromatic heterocycles. The van der Waals surface area contributed by atoms with Crippen molar-refractivity contribution < 1.29 is 23.0 Å². The number of amides is 1. The van der Waals surface area contributed by atoms with Crippen LogP contribution >= 0.6 is 12.2 Å². The Morgan fingerprint density at radius 3 is 2.24 bits per heavy atom. The highest BCUT2D eigenvalue weighted by Gasteiger charge is 2.34. The maximum atomic E-state index is 15.3. The predicted octanol–water partition coefficient (Wildman–Crippen LogP) is 0.840. The zero-order chi connectivity index (χ0) is 27.0. The number of rotatable bonds is 5. The number of halogens is 2. The van der Waals surface area contributed by atoms with Crippen LogP contribution in [0.4, 0.5) is 25.0 Å². The fourth-order valence-electron chi connectivity index (χ4n) is 4.55. The Bertz CT molecular complexity index is 1440. The Morgan fingerprint density at radius 2 is 1.66 bits per heavy atom. The van der Waals surface area contributed by atoms with E-state index in [9.17, 15) is 14.4 Å². The van der Waals surface area contributed by atoms with Crippen LogP contribution in [-0.4, -0.2) is 69.6 Å². The van der Waals surface area contributed by atoms with Gasteiger partial charge >= 0.3 is 17.5 Å². The van der Waals surface area contributed by atoms with Crippen LogP contribution in [0.2, 0.25) is 0 Å². The minimum absolute atomic E-state index is 0.00288. The molecule has 15 heteroatoms. The first-order chi connectivity index (χ1) is 18.3. The third kappa shape index (κ3) is 4.60. The van der Waals surface area contributed by atoms with Gasteiger partial charge in [0.2, 0.25) is 0 Å². The summed E-state index contributed by atoms with van der Waals surface area (Å²) < 4.78 is 44.1. The van der Waals surface area contributed by atoms with Gasteiger partial charge in [0.25, 0.3) is 5.17 Å². The van der Waals surface area contributed by atoms with Gasteiger partial charge in [-0.05, 0) is 24.4 Å². The average molecular weight is 548 g/mol. The molecule has 1 N–H and O–H groups in total. The predicted molar refractivity (Wildman–Crippen MR) is 136 cm³/mol. The van der Waals surface area contributed by atoms with E-state index in [4.69, 9.17) is 21.7 Å². The number of ether oxygens (including phenoxy) is 2. The molecule has 0 unspecified atom stereocenters. The van der Waals surface area contributed by atoms with Gasteiger partial charge in [-0.2, -0.15) is 0 Å². The van der Waals surface area contributed by atoms with Crippen LogP contribution in [-0.2, 0) is 22.6 Å². The molecule has 200 valence electrons. The molecule has 2 aliphatic heterocycles. The van der Waals surface area contributed by atoms with Crippen LogP contribution in [0.25, 0.3) is 5.69 Å². The molecular weight excluding hydrogens is 524 g/mol. The average Bonchev–Trinajstić information content (AvgIpc) is 3.28. The molecule has 1 aromatic carbocycles. The second kappa shape index (κ2) is 10.2. The van der Waals surface area contributed by atoms with Gasteiger partial charge in [0.1, 0.15) is 11.8 Å². The summed E-state index contributed by atoms with van der Waals surface area (Å²) in [5.41, 5.74) is -1.03. The van der Waals surface area contributed by atoms with Crippen molar-refractivity contribution in [1.82, 2.24) is 24.2 Å². The molecule has 0 saturated carbocycles. The van der Waals surface area contributed by atoms with Crippen molar-refractivity contribution in [2.24, 2.45) is 0 Å². The number of carbonyl (C=O) groups excluding carboxylic acids is 1. The molecule has 0 aliphatic carbocycles. The van der Waals surface area contributed by atoms with Crippen molar-refractivity contribution in [3.63, 3.8) is 0 Å².